The van der Waals surface area contributed by atoms with Crippen LogP contribution in [-0.4, -0.2) is 21.7 Å². The Morgan fingerprint density at radius 1 is 1.30 bits per heavy atom. The molecule has 0 amide bonds. The van der Waals surface area contributed by atoms with Gasteiger partial charge in [-0.15, -0.1) is 0 Å². The van der Waals surface area contributed by atoms with E-state index < -0.39 is 11.6 Å². The number of hydrogen-bond acceptors (Lipinski definition) is 5. The van der Waals surface area contributed by atoms with Crippen molar-refractivity contribution in [3.8, 4) is 0 Å². The second-order valence-corrected chi connectivity index (χ2v) is 7.08. The lowest BCUT2D eigenvalue weighted by Crippen LogP contribution is -2.25. The Labute approximate surface area is 139 Å². The van der Waals surface area contributed by atoms with Crippen molar-refractivity contribution < 1.29 is 14.1 Å². The van der Waals surface area contributed by atoms with Crippen LogP contribution in [0.2, 0.25) is 0 Å². The van der Waals surface area contributed by atoms with Gasteiger partial charge >= 0.3 is 5.97 Å². The molecule has 0 radical (unpaired) electrons. The van der Waals surface area contributed by atoms with Crippen molar-refractivity contribution in [3.63, 3.8) is 0 Å². The van der Waals surface area contributed by atoms with Crippen LogP contribution in [0.1, 0.15) is 84.4 Å². The fraction of sp³-hybridized carbons (Fsp3) is 0.722. The number of rotatable bonds is 9. The summed E-state index contributed by atoms with van der Waals surface area (Å²) in [4.78, 5) is 16.3. The van der Waals surface area contributed by atoms with Gasteiger partial charge in [-0.2, -0.15) is 4.98 Å². The van der Waals surface area contributed by atoms with Gasteiger partial charge in [0, 0.05) is 11.5 Å². The van der Waals surface area contributed by atoms with Gasteiger partial charge in [0.05, 0.1) is 6.42 Å². The van der Waals surface area contributed by atoms with Crippen LogP contribution in [0.5, 0.6) is 0 Å². The summed E-state index contributed by atoms with van der Waals surface area (Å²) in [7, 11) is 0. The average Bonchev–Trinajstić information content (AvgIpc) is 2.90. The number of aromatic nitrogens is 2. The highest BCUT2D eigenvalue weighted by atomic mass is 16.6. The fourth-order valence-corrected chi connectivity index (χ4v) is 2.15. The first-order valence-corrected chi connectivity index (χ1v) is 8.46. The highest BCUT2D eigenvalue weighted by Gasteiger charge is 2.21. The Bertz CT molecular complexity index is 515. The SMILES string of the molecule is C=C(Cc1nc([C@@H](C)CCCCCC)no1)C(=O)OC(C)(C)C. The van der Waals surface area contributed by atoms with E-state index >= 15 is 0 Å². The van der Waals surface area contributed by atoms with Crippen molar-refractivity contribution in [2.45, 2.75) is 84.7 Å². The lowest BCUT2D eigenvalue weighted by Gasteiger charge is -2.19. The average molecular weight is 322 g/mol. The standard InChI is InChI=1S/C18H30N2O3/c1-7-8-9-10-11-13(2)16-19-15(23-20-16)12-14(3)17(21)22-18(4,5)6/h13H,3,7-12H2,1-2,4-6H3/t13-/m0/s1. The Morgan fingerprint density at radius 2 is 2.00 bits per heavy atom. The first-order chi connectivity index (χ1) is 10.7. The predicted octanol–water partition coefficient (Wildman–Crippen LogP) is 4.58. The maximum Gasteiger partial charge on any atom is 0.334 e. The number of ether oxygens (including phenoxy) is 1. The van der Waals surface area contributed by atoms with Gasteiger partial charge in [-0.05, 0) is 27.2 Å². The van der Waals surface area contributed by atoms with E-state index in [1.165, 1.54) is 25.7 Å². The Balaban J connectivity index is 2.49. The van der Waals surface area contributed by atoms with Crippen molar-refractivity contribution in [3.05, 3.63) is 23.9 Å². The second-order valence-electron chi connectivity index (χ2n) is 7.08. The number of carbonyl (C=O) groups is 1. The van der Waals surface area contributed by atoms with Gasteiger partial charge in [-0.25, -0.2) is 4.79 Å². The third-order valence-electron chi connectivity index (χ3n) is 3.47. The van der Waals surface area contributed by atoms with Gasteiger partial charge in [0.15, 0.2) is 5.82 Å². The molecule has 1 atom stereocenters. The Hall–Kier alpha value is -1.65. The van der Waals surface area contributed by atoms with Gasteiger partial charge in [-0.3, -0.25) is 0 Å². The minimum absolute atomic E-state index is 0.227. The quantitative estimate of drug-likeness (QED) is 0.378. The zero-order chi connectivity index (χ0) is 17.5. The van der Waals surface area contributed by atoms with Crippen LogP contribution in [-0.2, 0) is 16.0 Å². The maximum atomic E-state index is 11.9. The summed E-state index contributed by atoms with van der Waals surface area (Å²) in [6, 6.07) is 0. The molecule has 0 saturated heterocycles. The summed E-state index contributed by atoms with van der Waals surface area (Å²) < 4.78 is 10.5. The molecule has 0 aliphatic heterocycles. The molecule has 0 aromatic carbocycles. The summed E-state index contributed by atoms with van der Waals surface area (Å²) in [5.41, 5.74) is -0.210. The van der Waals surface area contributed by atoms with Crippen LogP contribution < -0.4 is 0 Å². The topological polar surface area (TPSA) is 65.2 Å². The molecular weight excluding hydrogens is 292 g/mol. The van der Waals surface area contributed by atoms with Gasteiger partial charge in [0.1, 0.15) is 5.60 Å². The lowest BCUT2D eigenvalue weighted by atomic mass is 10.0. The third kappa shape index (κ3) is 7.44. The van der Waals surface area contributed by atoms with Crippen molar-refractivity contribution in [2.24, 2.45) is 0 Å². The molecule has 0 aliphatic carbocycles. The first-order valence-electron chi connectivity index (χ1n) is 8.46. The summed E-state index contributed by atoms with van der Waals surface area (Å²) in [6.45, 7) is 13.5. The molecule has 130 valence electrons. The van der Waals surface area contributed by atoms with Crippen LogP contribution in [0.25, 0.3) is 0 Å². The number of esters is 1. The van der Waals surface area contributed by atoms with E-state index in [9.17, 15) is 4.79 Å². The van der Waals surface area contributed by atoms with Crippen LogP contribution in [0.4, 0.5) is 0 Å². The summed E-state index contributed by atoms with van der Waals surface area (Å²) in [5, 5.41) is 4.02. The van der Waals surface area contributed by atoms with Crippen molar-refractivity contribution in [1.82, 2.24) is 10.1 Å². The maximum absolute atomic E-state index is 11.9. The molecule has 5 nitrogen and oxygen atoms in total. The molecule has 0 unspecified atom stereocenters. The van der Waals surface area contributed by atoms with Crippen LogP contribution >= 0.6 is 0 Å². The monoisotopic (exact) mass is 322 g/mol. The number of carbonyl (C=O) groups excluding carboxylic acids is 1. The zero-order valence-corrected chi connectivity index (χ0v) is 15.1. The molecule has 0 spiro atoms. The van der Waals surface area contributed by atoms with Crippen molar-refractivity contribution in [1.29, 1.82) is 0 Å². The molecule has 0 aliphatic rings. The second kappa shape index (κ2) is 8.85. The number of unbranched alkanes of at least 4 members (excludes halogenated alkanes) is 3. The normalized spacial score (nSPS) is 12.9. The van der Waals surface area contributed by atoms with E-state index in [1.54, 1.807) is 0 Å². The van der Waals surface area contributed by atoms with E-state index in [0.29, 0.717) is 17.3 Å². The number of nitrogens with zero attached hydrogens (tertiary/aromatic N) is 2. The molecular formula is C18H30N2O3. The molecule has 0 N–H and O–H groups in total. The minimum atomic E-state index is -0.535. The van der Waals surface area contributed by atoms with Crippen LogP contribution in [0, 0.1) is 0 Å². The molecule has 1 rings (SSSR count). The van der Waals surface area contributed by atoms with Gasteiger partial charge in [0.25, 0.3) is 0 Å². The van der Waals surface area contributed by atoms with Gasteiger partial charge in [0.2, 0.25) is 5.89 Å². The summed E-state index contributed by atoms with van der Waals surface area (Å²) in [5.74, 6) is 0.953. The van der Waals surface area contributed by atoms with E-state index in [4.69, 9.17) is 9.26 Å². The smallest absolute Gasteiger partial charge is 0.334 e. The lowest BCUT2D eigenvalue weighted by molar-refractivity contribution is -0.150. The molecule has 1 heterocycles. The van der Waals surface area contributed by atoms with E-state index in [2.05, 4.69) is 30.6 Å². The zero-order valence-electron chi connectivity index (χ0n) is 15.1. The van der Waals surface area contributed by atoms with E-state index in [0.717, 1.165) is 6.42 Å². The molecule has 5 heteroatoms. The summed E-state index contributed by atoms with van der Waals surface area (Å²) >= 11 is 0. The summed E-state index contributed by atoms with van der Waals surface area (Å²) in [6.07, 6.45) is 6.17. The predicted molar refractivity (Wildman–Crippen MR) is 90.2 cm³/mol. The molecule has 23 heavy (non-hydrogen) atoms. The number of hydrogen-bond donors (Lipinski definition) is 0. The van der Waals surface area contributed by atoms with Crippen LogP contribution in [0.15, 0.2) is 16.7 Å². The third-order valence-corrected chi connectivity index (χ3v) is 3.47. The molecule has 1 aromatic rings. The van der Waals surface area contributed by atoms with Crippen LogP contribution in [0.3, 0.4) is 0 Å². The molecule has 1 aromatic heterocycles. The molecule has 0 fully saturated rings. The Kier molecular flexibility index (Phi) is 7.46. The van der Waals surface area contributed by atoms with Gasteiger partial charge < -0.3 is 9.26 Å². The highest BCUT2D eigenvalue weighted by Crippen LogP contribution is 2.20. The molecule has 0 bridgehead atoms. The first kappa shape index (κ1) is 19.4. The van der Waals surface area contributed by atoms with E-state index in [-0.39, 0.29) is 12.3 Å². The minimum Gasteiger partial charge on any atom is -0.457 e. The Morgan fingerprint density at radius 3 is 2.61 bits per heavy atom. The van der Waals surface area contributed by atoms with Crippen molar-refractivity contribution in [2.75, 3.05) is 0 Å². The van der Waals surface area contributed by atoms with Gasteiger partial charge in [-0.1, -0.05) is 51.3 Å². The highest BCUT2D eigenvalue weighted by molar-refractivity contribution is 5.88. The van der Waals surface area contributed by atoms with E-state index in [1.807, 2.05) is 20.8 Å². The fourth-order valence-electron chi connectivity index (χ4n) is 2.15. The largest absolute Gasteiger partial charge is 0.457 e. The van der Waals surface area contributed by atoms with Crippen molar-refractivity contribution >= 4 is 5.97 Å². The molecule has 0 saturated carbocycles.